The Morgan fingerprint density at radius 3 is 2.59 bits per heavy atom. The number of halogens is 1. The van der Waals surface area contributed by atoms with Gasteiger partial charge in [-0.05, 0) is 18.7 Å². The van der Waals surface area contributed by atoms with E-state index in [1.54, 1.807) is 30.3 Å². The van der Waals surface area contributed by atoms with Crippen LogP contribution in [0.5, 0.6) is 0 Å². The number of esters is 1. The summed E-state index contributed by atoms with van der Waals surface area (Å²) in [7, 11) is 0. The second-order valence-corrected chi connectivity index (χ2v) is 3.71. The van der Waals surface area contributed by atoms with E-state index >= 15 is 0 Å². The van der Waals surface area contributed by atoms with Crippen molar-refractivity contribution in [2.75, 3.05) is 6.61 Å². The predicted octanol–water partition coefficient (Wildman–Crippen LogP) is 2.24. The fraction of sp³-hybridized carbons (Fsp3) is 0.182. The first-order valence-electron chi connectivity index (χ1n) is 4.72. The fourth-order valence-corrected chi connectivity index (χ4v) is 1.16. The Bertz CT molecular complexity index is 432. The number of hydrogen-bond donors (Lipinski definition) is 0. The van der Waals surface area contributed by atoms with Crippen LogP contribution in [0.15, 0.2) is 42.6 Å². The van der Waals surface area contributed by atoms with Crippen molar-refractivity contribution in [1.82, 2.24) is 0 Å². The Morgan fingerprint density at radius 2 is 2.06 bits per heavy atom. The molecule has 0 heterocycles. The van der Waals surface area contributed by atoms with Gasteiger partial charge in [-0.1, -0.05) is 18.2 Å². The first-order chi connectivity index (χ1) is 8.02. The molecule has 5 nitrogen and oxygen atoms in total. The topological polar surface area (TPSA) is 69.4 Å². The number of rotatable bonds is 5. The highest BCUT2D eigenvalue weighted by Crippen LogP contribution is 2.10. The minimum absolute atomic E-state index is 0.283. The van der Waals surface area contributed by atoms with Crippen molar-refractivity contribution in [1.29, 1.82) is 0 Å². The van der Waals surface area contributed by atoms with Gasteiger partial charge in [0.2, 0.25) is 0 Å². The second kappa shape index (κ2) is 6.00. The molecule has 0 spiro atoms. The van der Waals surface area contributed by atoms with Crippen molar-refractivity contribution in [2.24, 2.45) is 0 Å². The lowest BCUT2D eigenvalue weighted by molar-refractivity contribution is -0.426. The molecule has 1 atom stereocenters. The summed E-state index contributed by atoms with van der Waals surface area (Å²) < 4.78 is 4.82. The summed E-state index contributed by atoms with van der Waals surface area (Å²) in [6.07, 6.45) is 0. The zero-order chi connectivity index (χ0) is 12.8. The minimum atomic E-state index is -1.03. The number of carbonyl (C=O) groups excluding carboxylic acids is 1. The van der Waals surface area contributed by atoms with Crippen LogP contribution in [0.1, 0.15) is 10.4 Å². The van der Waals surface area contributed by atoms with Gasteiger partial charge in [-0.15, -0.1) is 11.6 Å². The molecule has 1 unspecified atom stereocenters. The monoisotopic (exact) mass is 255 g/mol. The van der Waals surface area contributed by atoms with Crippen molar-refractivity contribution >= 4 is 17.6 Å². The van der Waals surface area contributed by atoms with Crippen LogP contribution >= 0.6 is 11.6 Å². The summed E-state index contributed by atoms with van der Waals surface area (Å²) in [5.41, 5.74) is -0.0318. The summed E-state index contributed by atoms with van der Waals surface area (Å²) in [5, 5.41) is 9.31. The Hall–Kier alpha value is -1.88. The molecule has 0 aromatic heterocycles. The molecule has 6 heteroatoms. The molecule has 0 bridgehead atoms. The van der Waals surface area contributed by atoms with Gasteiger partial charge in [0.05, 0.1) is 10.5 Å². The van der Waals surface area contributed by atoms with Crippen LogP contribution in [0.4, 0.5) is 0 Å². The maximum absolute atomic E-state index is 11.5. The molecule has 1 rings (SSSR count). The van der Waals surface area contributed by atoms with Gasteiger partial charge in [0.25, 0.3) is 5.70 Å². The molecule has 0 aliphatic carbocycles. The Morgan fingerprint density at radius 1 is 1.47 bits per heavy atom. The number of ether oxygens (including phenoxy) is 1. The minimum Gasteiger partial charge on any atom is -0.460 e. The largest absolute Gasteiger partial charge is 0.460 e. The van der Waals surface area contributed by atoms with Gasteiger partial charge in [0, 0.05) is 0 Å². The number of carbonyl (C=O) groups is 1. The van der Waals surface area contributed by atoms with Crippen molar-refractivity contribution < 1.29 is 14.5 Å². The number of benzene rings is 1. The van der Waals surface area contributed by atoms with E-state index in [-0.39, 0.29) is 6.61 Å². The normalized spacial score (nSPS) is 11.6. The molecular formula is C11H10ClNO4. The highest BCUT2D eigenvalue weighted by molar-refractivity contribution is 6.22. The number of alkyl halides is 1. The summed E-state index contributed by atoms with van der Waals surface area (Å²) in [6, 6.07) is 8.28. The lowest BCUT2D eigenvalue weighted by Gasteiger charge is -2.07. The maximum Gasteiger partial charge on any atom is 0.338 e. The van der Waals surface area contributed by atoms with Crippen LogP contribution in [-0.4, -0.2) is 22.9 Å². The average molecular weight is 256 g/mol. The summed E-state index contributed by atoms with van der Waals surface area (Å²) in [4.78, 5) is 21.1. The van der Waals surface area contributed by atoms with E-state index in [1.165, 1.54) is 0 Å². The van der Waals surface area contributed by atoms with Crippen LogP contribution in [0.2, 0.25) is 0 Å². The molecule has 0 N–H and O–H groups in total. The van der Waals surface area contributed by atoms with Crippen molar-refractivity contribution in [3.63, 3.8) is 0 Å². The quantitative estimate of drug-likeness (QED) is 0.350. The predicted molar refractivity (Wildman–Crippen MR) is 62.5 cm³/mol. The first-order valence-corrected chi connectivity index (χ1v) is 5.15. The zero-order valence-electron chi connectivity index (χ0n) is 8.84. The molecule has 17 heavy (non-hydrogen) atoms. The van der Waals surface area contributed by atoms with Crippen molar-refractivity contribution in [2.45, 2.75) is 5.38 Å². The Kier molecular flexibility index (Phi) is 4.66. The molecule has 0 radical (unpaired) electrons. The molecule has 0 saturated heterocycles. The van der Waals surface area contributed by atoms with E-state index < -0.39 is 22.0 Å². The van der Waals surface area contributed by atoms with Crippen LogP contribution in [0, 0.1) is 10.1 Å². The van der Waals surface area contributed by atoms with Crippen molar-refractivity contribution in [3.8, 4) is 0 Å². The first kappa shape index (κ1) is 13.2. The van der Waals surface area contributed by atoms with Crippen LogP contribution in [0.25, 0.3) is 0 Å². The molecule has 0 amide bonds. The summed E-state index contributed by atoms with van der Waals surface area (Å²) in [6.45, 7) is 2.90. The van der Waals surface area contributed by atoms with E-state index in [2.05, 4.69) is 6.58 Å². The molecule has 0 fully saturated rings. The molecule has 0 aliphatic rings. The van der Waals surface area contributed by atoms with Crippen molar-refractivity contribution in [3.05, 3.63) is 58.3 Å². The molecule has 1 aromatic rings. The third-order valence-electron chi connectivity index (χ3n) is 1.97. The van der Waals surface area contributed by atoms with Gasteiger partial charge in [-0.2, -0.15) is 0 Å². The number of nitro groups is 1. The Labute approximate surface area is 103 Å². The van der Waals surface area contributed by atoms with E-state index in [1.807, 2.05) is 0 Å². The fourth-order valence-electron chi connectivity index (χ4n) is 1.02. The third kappa shape index (κ3) is 3.88. The SMILES string of the molecule is C=C(C(Cl)COC(=O)c1ccccc1)[N+](=O)[O-]. The van der Waals surface area contributed by atoms with E-state index in [9.17, 15) is 14.9 Å². The lowest BCUT2D eigenvalue weighted by Crippen LogP contribution is -2.19. The van der Waals surface area contributed by atoms with E-state index in [0.717, 1.165) is 0 Å². The highest BCUT2D eigenvalue weighted by atomic mass is 35.5. The maximum atomic E-state index is 11.5. The molecule has 0 saturated carbocycles. The number of hydrogen-bond acceptors (Lipinski definition) is 4. The van der Waals surface area contributed by atoms with Gasteiger partial charge in [0.1, 0.15) is 6.61 Å². The smallest absolute Gasteiger partial charge is 0.338 e. The zero-order valence-corrected chi connectivity index (χ0v) is 9.59. The van der Waals surface area contributed by atoms with E-state index in [0.29, 0.717) is 5.56 Å². The van der Waals surface area contributed by atoms with Gasteiger partial charge in [0.15, 0.2) is 5.38 Å². The van der Waals surface area contributed by atoms with Crippen LogP contribution in [0.3, 0.4) is 0 Å². The standard InChI is InChI=1S/C11H10ClNO4/c1-8(13(15)16)10(12)7-17-11(14)9-5-3-2-4-6-9/h2-6,10H,1,7H2. The summed E-state index contributed by atoms with van der Waals surface area (Å²) >= 11 is 5.64. The molecule has 1 aromatic carbocycles. The van der Waals surface area contributed by atoms with Crippen LogP contribution < -0.4 is 0 Å². The van der Waals surface area contributed by atoms with E-state index in [4.69, 9.17) is 16.3 Å². The summed E-state index contributed by atoms with van der Waals surface area (Å²) in [5.74, 6) is -0.576. The van der Waals surface area contributed by atoms with Gasteiger partial charge < -0.3 is 4.74 Å². The van der Waals surface area contributed by atoms with Gasteiger partial charge in [-0.25, -0.2) is 4.79 Å². The average Bonchev–Trinajstić information content (AvgIpc) is 2.35. The third-order valence-corrected chi connectivity index (χ3v) is 2.34. The van der Waals surface area contributed by atoms with Crippen LogP contribution in [-0.2, 0) is 4.74 Å². The van der Waals surface area contributed by atoms with Gasteiger partial charge >= 0.3 is 5.97 Å². The lowest BCUT2D eigenvalue weighted by atomic mass is 10.2. The highest BCUT2D eigenvalue weighted by Gasteiger charge is 2.21. The molecular weight excluding hydrogens is 246 g/mol. The molecule has 90 valence electrons. The number of nitrogens with zero attached hydrogens (tertiary/aromatic N) is 1. The molecule has 0 aliphatic heterocycles. The Balaban J connectivity index is 2.49. The van der Waals surface area contributed by atoms with Gasteiger partial charge in [-0.3, -0.25) is 10.1 Å². The second-order valence-electron chi connectivity index (χ2n) is 3.18.